The van der Waals surface area contributed by atoms with E-state index in [-0.39, 0.29) is 5.91 Å². The summed E-state index contributed by atoms with van der Waals surface area (Å²) >= 11 is 4.92. The maximum Gasteiger partial charge on any atom is 0.266 e. The molecule has 8 heteroatoms. The number of thioether (sulfide) groups is 1. The molecule has 0 N–H and O–H groups in total. The third kappa shape index (κ3) is 4.96. The predicted octanol–water partition coefficient (Wildman–Crippen LogP) is 5.93. The van der Waals surface area contributed by atoms with Crippen molar-refractivity contribution in [3.63, 3.8) is 0 Å². The Morgan fingerprint density at radius 3 is 2.34 bits per heavy atom. The van der Waals surface area contributed by atoms with E-state index < -0.39 is 0 Å². The van der Waals surface area contributed by atoms with Crippen molar-refractivity contribution >= 4 is 56.2 Å². The zero-order chi connectivity index (χ0) is 24.5. The van der Waals surface area contributed by atoms with Crippen LogP contribution in [0.15, 0.2) is 69.0 Å². The van der Waals surface area contributed by atoms with Crippen molar-refractivity contribution in [2.75, 3.05) is 38.3 Å². The second-order valence-electron chi connectivity index (χ2n) is 8.62. The molecule has 0 aliphatic carbocycles. The highest BCUT2D eigenvalue weighted by Gasteiger charge is 2.30. The van der Waals surface area contributed by atoms with Crippen molar-refractivity contribution in [2.24, 2.45) is 4.99 Å². The Bertz CT molecular complexity index is 1310. The topological polar surface area (TPSA) is 50.1 Å². The number of halogens is 1. The fraction of sp³-hybridized carbons (Fsp3) is 0.259. The molecule has 0 unspecified atom stereocenters. The van der Waals surface area contributed by atoms with E-state index in [2.05, 4.69) is 69.6 Å². The summed E-state index contributed by atoms with van der Waals surface area (Å²) < 4.78 is 8.69. The summed E-state index contributed by atoms with van der Waals surface area (Å²) in [6.45, 7) is 7.48. The first-order valence-electron chi connectivity index (χ1n) is 11.5. The minimum absolute atomic E-state index is 0.0351. The Morgan fingerprint density at radius 2 is 1.66 bits per heavy atom. The van der Waals surface area contributed by atoms with Crippen LogP contribution in [0.2, 0.25) is 0 Å². The number of likely N-dealkylation sites (N-methyl/N-ethyl adjacent to an activating group) is 1. The van der Waals surface area contributed by atoms with Gasteiger partial charge in [0.15, 0.2) is 5.17 Å². The summed E-state index contributed by atoms with van der Waals surface area (Å²) in [6.07, 6.45) is 1.98. The van der Waals surface area contributed by atoms with E-state index in [1.54, 1.807) is 11.9 Å². The van der Waals surface area contributed by atoms with Crippen LogP contribution in [0.5, 0.6) is 0 Å². The van der Waals surface area contributed by atoms with E-state index in [0.717, 1.165) is 59.1 Å². The molecule has 1 amide bonds. The molecule has 35 heavy (non-hydrogen) atoms. The predicted molar refractivity (Wildman–Crippen MR) is 148 cm³/mol. The minimum atomic E-state index is -0.0351. The summed E-state index contributed by atoms with van der Waals surface area (Å²) in [6, 6.07) is 18.5. The van der Waals surface area contributed by atoms with Gasteiger partial charge in [0.1, 0.15) is 0 Å². The van der Waals surface area contributed by atoms with E-state index >= 15 is 0 Å². The number of aryl methyl sites for hydroxylation is 1. The number of amidine groups is 1. The number of hydrogen-bond donors (Lipinski definition) is 0. The molecule has 2 saturated heterocycles. The summed E-state index contributed by atoms with van der Waals surface area (Å²) in [5.74, 6) is -0.0351. The van der Waals surface area contributed by atoms with Crippen LogP contribution in [0.1, 0.15) is 17.0 Å². The molecule has 3 heterocycles. The summed E-state index contributed by atoms with van der Waals surface area (Å²) in [4.78, 5) is 22.4. The quantitative estimate of drug-likeness (QED) is 0.378. The molecule has 2 fully saturated rings. The summed E-state index contributed by atoms with van der Waals surface area (Å²) in [5, 5.41) is 0.682. The van der Waals surface area contributed by atoms with Crippen molar-refractivity contribution in [2.45, 2.75) is 13.8 Å². The lowest BCUT2D eigenvalue weighted by Gasteiger charge is -2.28. The Morgan fingerprint density at radius 1 is 1.00 bits per heavy atom. The number of carbonyl (C=O) groups is 1. The average Bonchev–Trinajstić information content (AvgIpc) is 3.30. The van der Waals surface area contributed by atoms with E-state index in [4.69, 9.17) is 9.73 Å². The van der Waals surface area contributed by atoms with Crippen molar-refractivity contribution in [3.8, 4) is 5.69 Å². The van der Waals surface area contributed by atoms with Gasteiger partial charge in [-0.15, -0.1) is 0 Å². The van der Waals surface area contributed by atoms with Crippen molar-refractivity contribution in [1.29, 1.82) is 0 Å². The van der Waals surface area contributed by atoms with Gasteiger partial charge in [-0.2, -0.15) is 0 Å². The third-order valence-electron chi connectivity index (χ3n) is 6.30. The minimum Gasteiger partial charge on any atom is -0.378 e. The SMILES string of the molecule is Cc1cc(/C=C2/SC(=Nc3ccc(N4CCOCC4)cc3)N(C)C2=O)c(C)n1-c1ccc(Br)cc1. The van der Waals surface area contributed by atoms with Crippen LogP contribution in [0.25, 0.3) is 11.8 Å². The van der Waals surface area contributed by atoms with Crippen molar-refractivity contribution in [1.82, 2.24) is 9.47 Å². The first kappa shape index (κ1) is 23.9. The molecule has 3 aromatic rings. The van der Waals surface area contributed by atoms with Crippen LogP contribution in [0.3, 0.4) is 0 Å². The molecule has 5 rings (SSSR count). The number of aliphatic imine (C=N–C) groups is 1. The molecule has 6 nitrogen and oxygen atoms in total. The Labute approximate surface area is 218 Å². The number of amides is 1. The van der Waals surface area contributed by atoms with Crippen LogP contribution >= 0.6 is 27.7 Å². The van der Waals surface area contributed by atoms with Gasteiger partial charge in [0.2, 0.25) is 0 Å². The van der Waals surface area contributed by atoms with Crippen LogP contribution in [0, 0.1) is 13.8 Å². The summed E-state index contributed by atoms with van der Waals surface area (Å²) in [7, 11) is 1.78. The largest absolute Gasteiger partial charge is 0.378 e. The van der Waals surface area contributed by atoms with Crippen LogP contribution in [-0.2, 0) is 9.53 Å². The van der Waals surface area contributed by atoms with Gasteiger partial charge in [-0.25, -0.2) is 4.99 Å². The Kier molecular flexibility index (Phi) is 6.86. The zero-order valence-corrected chi connectivity index (χ0v) is 22.4. The van der Waals surface area contributed by atoms with Crippen LogP contribution in [0.4, 0.5) is 11.4 Å². The lowest BCUT2D eigenvalue weighted by molar-refractivity contribution is -0.121. The highest BCUT2D eigenvalue weighted by atomic mass is 79.9. The molecule has 0 spiro atoms. The van der Waals surface area contributed by atoms with E-state index in [0.29, 0.717) is 10.1 Å². The maximum absolute atomic E-state index is 13.0. The monoisotopic (exact) mass is 550 g/mol. The zero-order valence-electron chi connectivity index (χ0n) is 20.0. The number of rotatable bonds is 4. The Hall–Kier alpha value is -2.81. The standard InChI is InChI=1S/C27H27BrN4O2S/c1-18-16-20(19(2)32(18)24-8-4-21(28)5-9-24)17-25-26(33)30(3)27(35-25)29-22-6-10-23(11-7-22)31-12-14-34-15-13-31/h4-11,16-17H,12-15H2,1-3H3/b25-17+,29-27?. The van der Waals surface area contributed by atoms with Gasteiger partial charge in [-0.05, 0) is 91.8 Å². The van der Waals surface area contributed by atoms with E-state index in [1.807, 2.05) is 30.3 Å². The molecule has 2 aliphatic heterocycles. The first-order chi connectivity index (χ1) is 16.9. The second-order valence-corrected chi connectivity index (χ2v) is 10.5. The van der Waals surface area contributed by atoms with E-state index in [9.17, 15) is 4.79 Å². The lowest BCUT2D eigenvalue weighted by atomic mass is 10.2. The number of anilines is 1. The van der Waals surface area contributed by atoms with Gasteiger partial charge < -0.3 is 14.2 Å². The molecule has 180 valence electrons. The van der Waals surface area contributed by atoms with E-state index in [1.165, 1.54) is 17.4 Å². The Balaban J connectivity index is 1.38. The highest BCUT2D eigenvalue weighted by Crippen LogP contribution is 2.35. The molecule has 2 aliphatic rings. The normalized spacial score (nSPS) is 18.8. The molecule has 0 saturated carbocycles. The van der Waals surface area contributed by atoms with Gasteiger partial charge in [-0.3, -0.25) is 9.69 Å². The first-order valence-corrected chi connectivity index (χ1v) is 13.2. The number of carbonyl (C=O) groups excluding carboxylic acids is 1. The highest BCUT2D eigenvalue weighted by molar-refractivity contribution is 9.10. The number of hydrogen-bond acceptors (Lipinski definition) is 5. The number of benzene rings is 2. The van der Waals surface area contributed by atoms with Gasteiger partial charge in [0.05, 0.1) is 23.8 Å². The van der Waals surface area contributed by atoms with Gasteiger partial charge in [0.25, 0.3) is 5.91 Å². The molecule has 0 bridgehead atoms. The fourth-order valence-corrected chi connectivity index (χ4v) is 5.63. The lowest BCUT2D eigenvalue weighted by Crippen LogP contribution is -2.36. The summed E-state index contributed by atoms with van der Waals surface area (Å²) in [5.41, 5.74) is 6.34. The van der Waals surface area contributed by atoms with Gasteiger partial charge in [-0.1, -0.05) is 15.9 Å². The fourth-order valence-electron chi connectivity index (χ4n) is 4.38. The number of ether oxygens (including phenoxy) is 1. The van der Waals surface area contributed by atoms with Crippen molar-refractivity contribution in [3.05, 3.63) is 80.9 Å². The van der Waals surface area contributed by atoms with Crippen LogP contribution in [-0.4, -0.2) is 53.9 Å². The average molecular weight is 552 g/mol. The smallest absolute Gasteiger partial charge is 0.266 e. The third-order valence-corrected chi connectivity index (χ3v) is 7.88. The molecule has 2 aromatic carbocycles. The van der Waals surface area contributed by atoms with Crippen LogP contribution < -0.4 is 4.90 Å². The molecular weight excluding hydrogens is 524 g/mol. The molecule has 0 radical (unpaired) electrons. The number of aromatic nitrogens is 1. The maximum atomic E-state index is 13.0. The molecule has 1 aromatic heterocycles. The molecule has 0 atom stereocenters. The van der Waals surface area contributed by atoms with Gasteiger partial charge in [0, 0.05) is 47.4 Å². The van der Waals surface area contributed by atoms with Crippen molar-refractivity contribution < 1.29 is 9.53 Å². The number of morpholine rings is 1. The molecular formula is C27H27BrN4O2S. The second kappa shape index (κ2) is 10.0. The number of nitrogens with zero attached hydrogens (tertiary/aromatic N) is 4. The van der Waals surface area contributed by atoms with Gasteiger partial charge >= 0.3 is 0 Å².